The van der Waals surface area contributed by atoms with Crippen molar-refractivity contribution in [2.45, 2.75) is 24.7 Å². The molecular formula is C27H34Cl4F3N3O3. The van der Waals surface area contributed by atoms with E-state index in [2.05, 4.69) is 9.80 Å². The van der Waals surface area contributed by atoms with Crippen LogP contribution in [0, 0.1) is 0 Å². The van der Waals surface area contributed by atoms with Crippen LogP contribution in [0.15, 0.2) is 42.5 Å². The number of hydrogen-bond acceptors (Lipinski definition) is 5. The number of morpholine rings is 1. The largest absolute Gasteiger partial charge is 0.416 e. The quantitative estimate of drug-likeness (QED) is 0.375. The van der Waals surface area contributed by atoms with Crippen molar-refractivity contribution in [3.8, 4) is 0 Å². The fourth-order valence-electron chi connectivity index (χ4n) is 5.05. The summed E-state index contributed by atoms with van der Waals surface area (Å²) in [4.78, 5) is 19.9. The van der Waals surface area contributed by atoms with Crippen molar-refractivity contribution in [1.29, 1.82) is 0 Å². The van der Waals surface area contributed by atoms with E-state index in [4.69, 9.17) is 32.7 Å². The van der Waals surface area contributed by atoms with E-state index in [9.17, 15) is 18.0 Å². The zero-order chi connectivity index (χ0) is 27.3. The monoisotopic (exact) mass is 645 g/mol. The van der Waals surface area contributed by atoms with Gasteiger partial charge in [0.2, 0.25) is 0 Å². The summed E-state index contributed by atoms with van der Waals surface area (Å²) >= 11 is 12.0. The minimum absolute atomic E-state index is 0. The first-order valence-corrected chi connectivity index (χ1v) is 13.4. The first kappa shape index (κ1) is 34.9. The molecule has 40 heavy (non-hydrogen) atoms. The second-order valence-electron chi connectivity index (χ2n) is 9.76. The smallest absolute Gasteiger partial charge is 0.382 e. The highest BCUT2D eigenvalue weighted by atomic mass is 35.5. The molecule has 6 nitrogen and oxygen atoms in total. The molecule has 224 valence electrons. The van der Waals surface area contributed by atoms with Crippen LogP contribution in [0.3, 0.4) is 0 Å². The minimum Gasteiger partial charge on any atom is -0.382 e. The number of methoxy groups -OCH3 is 1. The van der Waals surface area contributed by atoms with Crippen molar-refractivity contribution < 1.29 is 27.4 Å². The van der Waals surface area contributed by atoms with Gasteiger partial charge in [-0.2, -0.15) is 13.2 Å². The van der Waals surface area contributed by atoms with E-state index in [1.54, 1.807) is 24.1 Å². The van der Waals surface area contributed by atoms with E-state index < -0.39 is 17.6 Å². The van der Waals surface area contributed by atoms with Crippen molar-refractivity contribution in [2.75, 3.05) is 66.1 Å². The van der Waals surface area contributed by atoms with Crippen LogP contribution < -0.4 is 0 Å². The molecule has 2 aromatic carbocycles. The molecule has 2 aliphatic heterocycles. The van der Waals surface area contributed by atoms with E-state index in [0.29, 0.717) is 44.3 Å². The fraction of sp³-hybridized carbons (Fsp3) is 0.519. The number of ether oxygens (including phenoxy) is 2. The van der Waals surface area contributed by atoms with Gasteiger partial charge in [-0.1, -0.05) is 35.3 Å². The van der Waals surface area contributed by atoms with Gasteiger partial charge < -0.3 is 14.4 Å². The third-order valence-corrected chi connectivity index (χ3v) is 7.46. The minimum atomic E-state index is -4.59. The molecule has 2 heterocycles. The predicted molar refractivity (Wildman–Crippen MR) is 155 cm³/mol. The Morgan fingerprint density at radius 3 is 2.30 bits per heavy atom. The number of carbonyl (C=O) groups excluding carboxylic acids is 1. The number of benzene rings is 2. The second kappa shape index (κ2) is 15.8. The lowest BCUT2D eigenvalue weighted by Crippen LogP contribution is -2.57. The summed E-state index contributed by atoms with van der Waals surface area (Å²) in [6.07, 6.45) is -3.98. The Morgan fingerprint density at radius 1 is 0.975 bits per heavy atom. The molecule has 0 N–H and O–H groups in total. The maximum Gasteiger partial charge on any atom is 0.416 e. The molecule has 2 fully saturated rings. The van der Waals surface area contributed by atoms with Crippen LogP contribution in [-0.2, 0) is 22.1 Å². The molecule has 0 aromatic heterocycles. The van der Waals surface area contributed by atoms with Gasteiger partial charge in [0, 0.05) is 74.6 Å². The predicted octanol–water partition coefficient (Wildman–Crippen LogP) is 5.57. The topological polar surface area (TPSA) is 45.2 Å². The highest BCUT2D eigenvalue weighted by molar-refractivity contribution is 6.31. The third-order valence-electron chi connectivity index (χ3n) is 6.99. The SMILES string of the molecule is COC[C@@H]1CN(CCN2CCN(C(=O)c3cc(Cl)cc(C(F)(F)F)c3)[C@H](Cc3ccc(Cl)cc3)C2)CCO1.Cl.Cl. The van der Waals surface area contributed by atoms with E-state index in [1.165, 1.54) is 6.07 Å². The van der Waals surface area contributed by atoms with Crippen molar-refractivity contribution in [3.05, 3.63) is 69.2 Å². The number of halogens is 7. The average molecular weight is 647 g/mol. The zero-order valence-corrected chi connectivity index (χ0v) is 25.2. The molecule has 0 radical (unpaired) electrons. The molecule has 4 rings (SSSR count). The maximum atomic E-state index is 13.5. The summed E-state index contributed by atoms with van der Waals surface area (Å²) in [5, 5.41) is 0.496. The summed E-state index contributed by atoms with van der Waals surface area (Å²) in [7, 11) is 1.66. The van der Waals surface area contributed by atoms with Crippen molar-refractivity contribution in [1.82, 2.24) is 14.7 Å². The first-order valence-electron chi connectivity index (χ1n) is 12.6. The number of amides is 1. The van der Waals surface area contributed by atoms with Crippen molar-refractivity contribution >= 4 is 53.9 Å². The highest BCUT2D eigenvalue weighted by Crippen LogP contribution is 2.32. The molecule has 0 aliphatic carbocycles. The summed E-state index contributed by atoms with van der Waals surface area (Å²) in [5.41, 5.74) is 0.00659. The van der Waals surface area contributed by atoms with Gasteiger partial charge in [-0.3, -0.25) is 14.6 Å². The van der Waals surface area contributed by atoms with Gasteiger partial charge in [0.15, 0.2) is 0 Å². The number of rotatable bonds is 8. The summed E-state index contributed by atoms with van der Waals surface area (Å²) < 4.78 is 51.1. The molecule has 2 aliphatic rings. The van der Waals surface area contributed by atoms with Gasteiger partial charge in [-0.15, -0.1) is 24.8 Å². The number of hydrogen-bond donors (Lipinski definition) is 0. The summed E-state index contributed by atoms with van der Waals surface area (Å²) in [6, 6.07) is 10.2. The van der Waals surface area contributed by atoms with E-state index >= 15 is 0 Å². The molecule has 2 saturated heterocycles. The molecule has 0 spiro atoms. The maximum absolute atomic E-state index is 13.5. The van der Waals surface area contributed by atoms with Crippen LogP contribution in [0.4, 0.5) is 13.2 Å². The third kappa shape index (κ3) is 9.63. The second-order valence-corrected chi connectivity index (χ2v) is 10.6. The molecule has 2 aromatic rings. The lowest BCUT2D eigenvalue weighted by Gasteiger charge is -2.42. The van der Waals surface area contributed by atoms with Crippen LogP contribution in [0.25, 0.3) is 0 Å². The molecular weight excluding hydrogens is 613 g/mol. The van der Waals surface area contributed by atoms with E-state index in [0.717, 1.165) is 43.9 Å². The van der Waals surface area contributed by atoms with Crippen LogP contribution in [0.5, 0.6) is 0 Å². The number of piperazine rings is 1. The molecule has 1 amide bonds. The fourth-order valence-corrected chi connectivity index (χ4v) is 5.41. The van der Waals surface area contributed by atoms with Gasteiger partial charge in [-0.25, -0.2) is 0 Å². The van der Waals surface area contributed by atoms with E-state index in [1.807, 2.05) is 12.1 Å². The van der Waals surface area contributed by atoms with Crippen LogP contribution >= 0.6 is 48.0 Å². The van der Waals surface area contributed by atoms with E-state index in [-0.39, 0.29) is 47.5 Å². The lowest BCUT2D eigenvalue weighted by molar-refractivity contribution is -0.137. The highest BCUT2D eigenvalue weighted by Gasteiger charge is 2.35. The number of carbonyl (C=O) groups is 1. The average Bonchev–Trinajstić information content (AvgIpc) is 2.88. The van der Waals surface area contributed by atoms with Gasteiger partial charge >= 0.3 is 6.18 Å². The Balaban J connectivity index is 0.00000280. The lowest BCUT2D eigenvalue weighted by atomic mass is 10.00. The van der Waals surface area contributed by atoms with Crippen molar-refractivity contribution in [3.63, 3.8) is 0 Å². The van der Waals surface area contributed by atoms with Gasteiger partial charge in [-0.05, 0) is 42.3 Å². The Kier molecular flexibility index (Phi) is 13.8. The van der Waals surface area contributed by atoms with Crippen LogP contribution in [0.2, 0.25) is 10.0 Å². The molecule has 0 saturated carbocycles. The van der Waals surface area contributed by atoms with Crippen LogP contribution in [0.1, 0.15) is 21.5 Å². The molecule has 0 unspecified atom stereocenters. The van der Waals surface area contributed by atoms with Gasteiger partial charge in [0.05, 0.1) is 24.9 Å². The number of alkyl halides is 3. The normalized spacial score (nSPS) is 20.5. The molecule has 0 bridgehead atoms. The van der Waals surface area contributed by atoms with Gasteiger partial charge in [0.1, 0.15) is 0 Å². The Bertz CT molecular complexity index is 1090. The Morgan fingerprint density at radius 2 is 1.65 bits per heavy atom. The van der Waals surface area contributed by atoms with Crippen molar-refractivity contribution in [2.24, 2.45) is 0 Å². The Labute approximate surface area is 255 Å². The molecule has 13 heteroatoms. The zero-order valence-electron chi connectivity index (χ0n) is 22.0. The standard InChI is InChI=1S/C27H32Cl2F3N3O3.2ClH/c1-37-18-25-17-34(10-11-38-25)7-6-33-8-9-35(24(16-33)12-19-2-4-22(28)5-3-19)26(36)20-13-21(27(30,31)32)15-23(29)14-20;;/h2-5,13-15,24-25H,6-12,16-18H2,1H3;2*1H/t24-,25+;;/m1../s1. The Hall–Kier alpha value is -1.30. The summed E-state index contributed by atoms with van der Waals surface area (Å²) in [6.45, 7) is 6.17. The summed E-state index contributed by atoms with van der Waals surface area (Å²) in [5.74, 6) is -0.452. The first-order chi connectivity index (χ1) is 18.1. The number of nitrogens with zero attached hydrogens (tertiary/aromatic N) is 3. The molecule has 2 atom stereocenters. The van der Waals surface area contributed by atoms with Gasteiger partial charge in [0.25, 0.3) is 5.91 Å². The van der Waals surface area contributed by atoms with Crippen LogP contribution in [-0.4, -0.2) is 98.9 Å².